The zero-order valence-electron chi connectivity index (χ0n) is 11.5. The molecule has 1 amide bonds. The number of hydrogen-bond acceptors (Lipinski definition) is 3. The van der Waals surface area contributed by atoms with Crippen LogP contribution in [-0.2, 0) is 6.42 Å². The molecule has 0 unspecified atom stereocenters. The summed E-state index contributed by atoms with van der Waals surface area (Å²) in [5.74, 6) is -0.178. The number of carbonyl (C=O) groups is 1. The van der Waals surface area contributed by atoms with Crippen LogP contribution < -0.4 is 5.32 Å². The number of hydrogen-bond donors (Lipinski definition) is 1. The fourth-order valence-corrected chi connectivity index (χ4v) is 1.92. The Morgan fingerprint density at radius 2 is 1.90 bits per heavy atom. The van der Waals surface area contributed by atoms with Crippen LogP contribution in [0.4, 0.5) is 5.69 Å². The van der Waals surface area contributed by atoms with Gasteiger partial charge in [-0.1, -0.05) is 12.1 Å². The van der Waals surface area contributed by atoms with Crippen LogP contribution in [0.3, 0.4) is 0 Å². The largest absolute Gasteiger partial charge is 0.322 e. The number of carbonyl (C=O) groups excluding carboxylic acids is 1. The summed E-state index contributed by atoms with van der Waals surface area (Å²) >= 11 is 0. The van der Waals surface area contributed by atoms with E-state index in [1.807, 2.05) is 32.0 Å². The van der Waals surface area contributed by atoms with Crippen LogP contribution in [0, 0.1) is 25.2 Å². The van der Waals surface area contributed by atoms with Gasteiger partial charge in [-0.15, -0.1) is 0 Å². The maximum absolute atomic E-state index is 12.2. The second-order valence-corrected chi connectivity index (χ2v) is 4.57. The fraction of sp³-hybridized carbons (Fsp3) is 0.188. The molecule has 1 N–H and O–H groups in total. The molecule has 0 aliphatic carbocycles. The predicted molar refractivity (Wildman–Crippen MR) is 77.4 cm³/mol. The first-order valence-corrected chi connectivity index (χ1v) is 6.31. The Hall–Kier alpha value is -2.67. The highest BCUT2D eigenvalue weighted by atomic mass is 16.1. The number of nitrogens with zero attached hydrogens (tertiary/aromatic N) is 2. The average Bonchev–Trinajstić information content (AvgIpc) is 2.41. The van der Waals surface area contributed by atoms with Crippen LogP contribution in [0.1, 0.15) is 27.3 Å². The first-order chi connectivity index (χ1) is 9.60. The molecule has 20 heavy (non-hydrogen) atoms. The van der Waals surface area contributed by atoms with Gasteiger partial charge < -0.3 is 5.32 Å². The van der Waals surface area contributed by atoms with Gasteiger partial charge in [0.2, 0.25) is 0 Å². The van der Waals surface area contributed by atoms with Gasteiger partial charge in [-0.3, -0.25) is 9.78 Å². The highest BCUT2D eigenvalue weighted by molar-refractivity contribution is 6.04. The Kier molecular flexibility index (Phi) is 4.11. The minimum atomic E-state index is -0.178. The summed E-state index contributed by atoms with van der Waals surface area (Å²) in [4.78, 5) is 16.4. The van der Waals surface area contributed by atoms with E-state index in [9.17, 15) is 4.79 Å². The van der Waals surface area contributed by atoms with Crippen LogP contribution in [-0.4, -0.2) is 10.9 Å². The first kappa shape index (κ1) is 13.8. The van der Waals surface area contributed by atoms with Gasteiger partial charge in [0.15, 0.2) is 0 Å². The number of rotatable bonds is 3. The SMILES string of the molecule is Cc1ccc(C(=O)Nc2ccc(CC#N)cc2)c(C)n1. The zero-order chi connectivity index (χ0) is 14.5. The zero-order valence-corrected chi connectivity index (χ0v) is 11.5. The van der Waals surface area contributed by atoms with E-state index in [0.29, 0.717) is 23.4 Å². The molecule has 0 fully saturated rings. The van der Waals surface area contributed by atoms with Gasteiger partial charge in [0, 0.05) is 11.4 Å². The molecular weight excluding hydrogens is 250 g/mol. The summed E-state index contributed by atoms with van der Waals surface area (Å²) in [6.45, 7) is 3.71. The number of amides is 1. The third-order valence-electron chi connectivity index (χ3n) is 2.96. The number of anilines is 1. The quantitative estimate of drug-likeness (QED) is 0.927. The molecule has 0 atom stereocenters. The summed E-state index contributed by atoms with van der Waals surface area (Å²) in [6.07, 6.45) is 0.370. The van der Waals surface area contributed by atoms with Crippen LogP contribution in [0.5, 0.6) is 0 Å². The Labute approximate surface area is 118 Å². The molecule has 1 aromatic heterocycles. The molecule has 2 aromatic rings. The normalized spacial score (nSPS) is 9.85. The first-order valence-electron chi connectivity index (χ1n) is 6.31. The maximum Gasteiger partial charge on any atom is 0.257 e. The number of pyridine rings is 1. The molecule has 0 aliphatic heterocycles. The van der Waals surface area contributed by atoms with Crippen LogP contribution in [0.25, 0.3) is 0 Å². The topological polar surface area (TPSA) is 65.8 Å². The molecule has 4 nitrogen and oxygen atoms in total. The van der Waals surface area contributed by atoms with Crippen molar-refractivity contribution in [1.29, 1.82) is 5.26 Å². The van der Waals surface area contributed by atoms with Crippen molar-refractivity contribution in [2.24, 2.45) is 0 Å². The molecular formula is C16H15N3O. The van der Waals surface area contributed by atoms with E-state index in [4.69, 9.17) is 5.26 Å². The summed E-state index contributed by atoms with van der Waals surface area (Å²) in [5, 5.41) is 11.4. The lowest BCUT2D eigenvalue weighted by Crippen LogP contribution is -2.14. The van der Waals surface area contributed by atoms with E-state index in [1.165, 1.54) is 0 Å². The number of nitriles is 1. The van der Waals surface area contributed by atoms with E-state index in [2.05, 4.69) is 16.4 Å². The third kappa shape index (κ3) is 3.21. The van der Waals surface area contributed by atoms with Crippen LogP contribution in [0.2, 0.25) is 0 Å². The van der Waals surface area contributed by atoms with Crippen LogP contribution >= 0.6 is 0 Å². The van der Waals surface area contributed by atoms with E-state index >= 15 is 0 Å². The number of benzene rings is 1. The summed E-state index contributed by atoms with van der Waals surface area (Å²) in [7, 11) is 0. The highest BCUT2D eigenvalue weighted by Gasteiger charge is 2.10. The molecule has 0 spiro atoms. The van der Waals surface area contributed by atoms with Gasteiger partial charge in [0.1, 0.15) is 0 Å². The second kappa shape index (κ2) is 5.98. The summed E-state index contributed by atoms with van der Waals surface area (Å²) in [5.41, 5.74) is 3.80. The number of nitrogens with one attached hydrogen (secondary N) is 1. The van der Waals surface area contributed by atoms with Gasteiger partial charge in [0.25, 0.3) is 5.91 Å². The predicted octanol–water partition coefficient (Wildman–Crippen LogP) is 3.02. The summed E-state index contributed by atoms with van der Waals surface area (Å²) < 4.78 is 0. The molecule has 100 valence electrons. The minimum Gasteiger partial charge on any atom is -0.322 e. The number of aryl methyl sites for hydroxylation is 2. The lowest BCUT2D eigenvalue weighted by Gasteiger charge is -2.08. The average molecular weight is 265 g/mol. The molecule has 4 heteroatoms. The molecule has 0 saturated carbocycles. The van der Waals surface area contributed by atoms with E-state index in [1.54, 1.807) is 18.2 Å². The molecule has 0 bridgehead atoms. The van der Waals surface area contributed by atoms with Crippen LogP contribution in [0.15, 0.2) is 36.4 Å². The lowest BCUT2D eigenvalue weighted by molar-refractivity contribution is 0.102. The van der Waals surface area contributed by atoms with Crippen molar-refractivity contribution < 1.29 is 4.79 Å². The van der Waals surface area contributed by atoms with E-state index < -0.39 is 0 Å². The molecule has 2 rings (SSSR count). The van der Waals surface area contributed by atoms with Crippen molar-refractivity contribution in [3.63, 3.8) is 0 Å². The van der Waals surface area contributed by atoms with Gasteiger partial charge in [-0.25, -0.2) is 0 Å². The number of aromatic nitrogens is 1. The monoisotopic (exact) mass is 265 g/mol. The Bertz CT molecular complexity index is 669. The van der Waals surface area contributed by atoms with Crippen molar-refractivity contribution in [2.45, 2.75) is 20.3 Å². The molecule has 1 aromatic carbocycles. The van der Waals surface area contributed by atoms with Gasteiger partial charge in [-0.05, 0) is 43.7 Å². The maximum atomic E-state index is 12.2. The lowest BCUT2D eigenvalue weighted by atomic mass is 10.1. The second-order valence-electron chi connectivity index (χ2n) is 4.57. The fourth-order valence-electron chi connectivity index (χ4n) is 1.92. The smallest absolute Gasteiger partial charge is 0.257 e. The third-order valence-corrected chi connectivity index (χ3v) is 2.96. The van der Waals surface area contributed by atoms with E-state index in [0.717, 1.165) is 11.3 Å². The van der Waals surface area contributed by atoms with Crippen molar-refractivity contribution in [3.8, 4) is 6.07 Å². The minimum absolute atomic E-state index is 0.178. The standard InChI is InChI=1S/C16H15N3O/c1-11-3-8-15(12(2)18-11)16(20)19-14-6-4-13(5-7-14)9-10-17/h3-8H,9H2,1-2H3,(H,19,20). The van der Waals surface area contributed by atoms with Crippen molar-refractivity contribution in [1.82, 2.24) is 4.98 Å². The Morgan fingerprint density at radius 3 is 2.50 bits per heavy atom. The Balaban J connectivity index is 2.13. The van der Waals surface area contributed by atoms with Gasteiger partial charge >= 0.3 is 0 Å². The van der Waals surface area contributed by atoms with Crippen molar-refractivity contribution in [3.05, 3.63) is 58.9 Å². The molecule has 1 heterocycles. The van der Waals surface area contributed by atoms with Crippen molar-refractivity contribution >= 4 is 11.6 Å². The van der Waals surface area contributed by atoms with E-state index in [-0.39, 0.29) is 5.91 Å². The van der Waals surface area contributed by atoms with Gasteiger partial charge in [0.05, 0.1) is 23.7 Å². The van der Waals surface area contributed by atoms with Gasteiger partial charge in [-0.2, -0.15) is 5.26 Å². The molecule has 0 aliphatic rings. The van der Waals surface area contributed by atoms with Crippen molar-refractivity contribution in [2.75, 3.05) is 5.32 Å². The highest BCUT2D eigenvalue weighted by Crippen LogP contribution is 2.13. The summed E-state index contributed by atoms with van der Waals surface area (Å²) in [6, 6.07) is 12.9. The molecule has 0 radical (unpaired) electrons. The molecule has 0 saturated heterocycles. The Morgan fingerprint density at radius 1 is 1.20 bits per heavy atom.